The van der Waals surface area contributed by atoms with Gasteiger partial charge in [-0.1, -0.05) is 162 Å². The Labute approximate surface area is 809 Å². The molecule has 0 amide bonds. The lowest BCUT2D eigenvalue weighted by molar-refractivity contribution is -0.169. The molecule has 128 heavy (non-hydrogen) atoms. The summed E-state index contributed by atoms with van der Waals surface area (Å²) < 4.78 is 54.3. The van der Waals surface area contributed by atoms with Gasteiger partial charge in [-0.15, -0.1) is 0 Å². The van der Waals surface area contributed by atoms with Crippen LogP contribution in [0.15, 0.2) is 133 Å². The third kappa shape index (κ3) is 42.5. The largest absolute Gasteiger partial charge is 0.495 e. The van der Waals surface area contributed by atoms with E-state index in [1.807, 2.05) is 172 Å². The van der Waals surface area contributed by atoms with Crippen LogP contribution in [-0.4, -0.2) is 174 Å². The predicted molar refractivity (Wildman–Crippen MR) is 531 cm³/mol. The standard InChI is InChI=1S/C17H24BrNO4.3C17H24BrNO2.C17H32BrNO2.C17H25NO3/c1-17(2,12-5-7-19-8-6-12)23-16(20)11-9-13(21-3)15(18)14(10-11)22-4;1-17(2,14-9-11-19-12-10-14)21-16(20)8-5-13-3-6-15(18)7-4-13;1-17(2,14-8-10-19-11-9-14)21-16(20)7-6-13-4-3-5-15(18)12-13;1-17(2,14-9-11-19-12-10-14)21-16(20)8-7-13-5-3-4-6-15(13)18;1-17(2,15-10-13-19-14-11-15)21-16(20)9-7-5-3-4-6-8-12-18;1-17(2,15-8-10-18-11-9-15)21-16(19)13-20-12-14-6-4-3-5-7-14/h9-10,12,19H,5-8H2,1-4H3;3-4,6-7,14,19H,5,8-12H2,1-2H3;3-5,12,14,19H,6-11H2,1-2H3;3-6,14,19H,7-12H2,1-2H3;15,19H,3-14H2,1-2H3;3-7,15,18H,8-13H2,1-2H3. The average Bonchev–Trinajstić information content (AvgIpc) is 0.824. The van der Waals surface area contributed by atoms with E-state index in [0.717, 1.165) is 222 Å². The van der Waals surface area contributed by atoms with Gasteiger partial charge in [0.1, 0.15) is 56.2 Å². The Bertz CT molecular complexity index is 4020. The SMILES string of the molecule is CC(C)(OC(=O)CCCCCCCCBr)C1CCNCC1.CC(C)(OC(=O)CCc1ccc(Br)cc1)C1CCNCC1.CC(C)(OC(=O)CCc1cccc(Br)c1)C1CCNCC1.CC(C)(OC(=O)CCc1ccccc1Br)C1CCNCC1.CC(C)(OC(=O)COCc1ccccc1)C1CCNCC1.COc1cc(C(=O)OC(C)(C)C2CCNCC2)cc(OC)c1Br. The maximum absolute atomic E-state index is 12.6. The molecule has 6 aliphatic rings. The molecule has 26 heteroatoms. The Morgan fingerprint density at radius 2 is 0.672 bits per heavy atom. The number of hydrogen-bond donors (Lipinski definition) is 6. The molecule has 0 spiro atoms. The van der Waals surface area contributed by atoms with Gasteiger partial charge in [-0.3, -0.25) is 19.2 Å². The summed E-state index contributed by atoms with van der Waals surface area (Å²) in [5, 5.41) is 21.2. The Morgan fingerprint density at radius 1 is 0.336 bits per heavy atom. The van der Waals surface area contributed by atoms with E-state index in [4.69, 9.17) is 42.6 Å². The van der Waals surface area contributed by atoms with Crippen LogP contribution in [0.1, 0.15) is 257 Å². The fourth-order valence-electron chi connectivity index (χ4n) is 17.3. The number of hydrogen-bond acceptors (Lipinski definition) is 21. The molecule has 0 unspecified atom stereocenters. The molecule has 11 rings (SSSR count). The summed E-state index contributed by atoms with van der Waals surface area (Å²) in [6.07, 6.45) is 24.0. The summed E-state index contributed by atoms with van der Waals surface area (Å²) in [7, 11) is 3.10. The van der Waals surface area contributed by atoms with Gasteiger partial charge in [-0.05, 0) is 351 Å². The molecule has 0 radical (unpaired) electrons. The molecule has 6 saturated heterocycles. The number of ether oxygens (including phenoxy) is 9. The molecule has 6 heterocycles. The van der Waals surface area contributed by atoms with Crippen molar-refractivity contribution in [3.8, 4) is 11.5 Å². The van der Waals surface area contributed by atoms with Crippen molar-refractivity contribution in [2.45, 2.75) is 284 Å². The fraction of sp³-hybridized carbons (Fsp3) is 0.647. The lowest BCUT2D eigenvalue weighted by Crippen LogP contribution is -2.43. The zero-order chi connectivity index (χ0) is 93.6. The van der Waals surface area contributed by atoms with E-state index in [0.29, 0.717) is 95.8 Å². The molecular weight excluding hydrogens is 1950 g/mol. The van der Waals surface area contributed by atoms with E-state index in [-0.39, 0.29) is 64.8 Å². The number of nitrogens with one attached hydrogen (secondary N) is 6. The molecule has 716 valence electrons. The number of carbonyl (C=O) groups excluding carboxylic acids is 6. The second-order valence-electron chi connectivity index (χ2n) is 37.6. The number of esters is 6. The minimum Gasteiger partial charge on any atom is -0.495 e. The van der Waals surface area contributed by atoms with Gasteiger partial charge in [0.05, 0.1) is 26.4 Å². The Hall–Kier alpha value is -5.36. The highest BCUT2D eigenvalue weighted by molar-refractivity contribution is 9.11. The van der Waals surface area contributed by atoms with Gasteiger partial charge in [0.25, 0.3) is 0 Å². The summed E-state index contributed by atoms with van der Waals surface area (Å²) in [6.45, 7) is 36.9. The maximum Gasteiger partial charge on any atom is 0.338 e. The maximum atomic E-state index is 12.6. The molecule has 0 saturated carbocycles. The Kier molecular flexibility index (Phi) is 51.1. The molecule has 5 aromatic carbocycles. The number of alkyl halides is 1. The monoisotopic (exact) mass is 2100 g/mol. The van der Waals surface area contributed by atoms with Crippen LogP contribution >= 0.6 is 79.6 Å². The van der Waals surface area contributed by atoms with Gasteiger partial charge in [-0.25, -0.2) is 9.59 Å². The summed E-state index contributed by atoms with van der Waals surface area (Å²) in [4.78, 5) is 72.8. The first kappa shape index (κ1) is 111. The number of aryl methyl sites for hydroxylation is 3. The second kappa shape index (κ2) is 58.7. The lowest BCUT2D eigenvalue weighted by Gasteiger charge is -2.36. The van der Waals surface area contributed by atoms with Gasteiger partial charge in [0.15, 0.2) is 0 Å². The van der Waals surface area contributed by atoms with Gasteiger partial charge < -0.3 is 74.5 Å². The number of benzene rings is 5. The minimum absolute atomic E-state index is 0.00327. The Morgan fingerprint density at radius 3 is 1.05 bits per heavy atom. The molecule has 5 aromatic rings. The third-order valence-corrected chi connectivity index (χ3v) is 28.7. The second-order valence-corrected chi connectivity index (χ2v) is 41.9. The molecular formula is C102H153Br5N6O15. The predicted octanol–water partition coefficient (Wildman–Crippen LogP) is 21.5. The van der Waals surface area contributed by atoms with Crippen LogP contribution in [0.4, 0.5) is 0 Å². The van der Waals surface area contributed by atoms with Crippen LogP contribution in [-0.2, 0) is 83.0 Å². The van der Waals surface area contributed by atoms with Crippen molar-refractivity contribution >= 4 is 115 Å². The number of rotatable bonds is 36. The number of halogens is 5. The van der Waals surface area contributed by atoms with Crippen LogP contribution < -0.4 is 41.4 Å². The normalized spacial score (nSPS) is 16.6. The van der Waals surface area contributed by atoms with Crippen molar-refractivity contribution in [1.82, 2.24) is 31.9 Å². The van der Waals surface area contributed by atoms with Crippen LogP contribution in [0.3, 0.4) is 0 Å². The quantitative estimate of drug-likeness (QED) is 0.00943. The van der Waals surface area contributed by atoms with Crippen LogP contribution in [0, 0.1) is 35.5 Å². The highest BCUT2D eigenvalue weighted by Gasteiger charge is 2.40. The first-order valence-electron chi connectivity index (χ1n) is 46.8. The minimum atomic E-state index is -0.507. The van der Waals surface area contributed by atoms with E-state index < -0.39 is 11.2 Å². The molecule has 0 bridgehead atoms. The van der Waals surface area contributed by atoms with Crippen LogP contribution in [0.5, 0.6) is 11.5 Å². The van der Waals surface area contributed by atoms with E-state index in [9.17, 15) is 28.8 Å². The number of methoxy groups -OCH3 is 2. The van der Waals surface area contributed by atoms with Gasteiger partial charge >= 0.3 is 35.8 Å². The molecule has 6 N–H and O–H groups in total. The molecule has 21 nitrogen and oxygen atoms in total. The van der Waals surface area contributed by atoms with Gasteiger partial charge in [0.2, 0.25) is 0 Å². The van der Waals surface area contributed by atoms with Crippen molar-refractivity contribution in [3.63, 3.8) is 0 Å². The van der Waals surface area contributed by atoms with Crippen molar-refractivity contribution in [2.75, 3.05) is 105 Å². The summed E-state index contributed by atoms with van der Waals surface area (Å²) in [5.41, 5.74) is 2.61. The molecule has 0 aromatic heterocycles. The topological polar surface area (TPSA) is 258 Å². The molecule has 0 aliphatic carbocycles. The summed E-state index contributed by atoms with van der Waals surface area (Å²) in [6, 6.07) is 37.3. The van der Waals surface area contributed by atoms with E-state index in [1.54, 1.807) is 26.4 Å². The molecule has 6 fully saturated rings. The first-order chi connectivity index (χ1) is 61.0. The Balaban J connectivity index is 0.000000237. The zero-order valence-electron chi connectivity index (χ0n) is 79.2. The highest BCUT2D eigenvalue weighted by atomic mass is 79.9. The zero-order valence-corrected chi connectivity index (χ0v) is 87.2. The summed E-state index contributed by atoms with van der Waals surface area (Å²) in [5.74, 6) is 2.73. The first-order valence-corrected chi connectivity index (χ1v) is 51.1. The third-order valence-electron chi connectivity index (χ3n) is 25.5. The van der Waals surface area contributed by atoms with E-state index >= 15 is 0 Å². The van der Waals surface area contributed by atoms with E-state index in [1.165, 1.54) is 25.7 Å². The average molecular weight is 2100 g/mol. The van der Waals surface area contributed by atoms with E-state index in [2.05, 4.69) is 125 Å². The molecule has 6 aliphatic heterocycles. The van der Waals surface area contributed by atoms with Crippen molar-refractivity contribution in [2.24, 2.45) is 35.5 Å². The number of carbonyl (C=O) groups is 6. The van der Waals surface area contributed by atoms with Gasteiger partial charge in [-0.2, -0.15) is 0 Å². The van der Waals surface area contributed by atoms with Gasteiger partial charge in [0, 0.05) is 79.9 Å². The molecule has 0 atom stereocenters. The van der Waals surface area contributed by atoms with Crippen LogP contribution in [0.2, 0.25) is 0 Å². The number of unbranched alkanes of at least 4 members (excludes halogenated alkanes) is 5. The summed E-state index contributed by atoms with van der Waals surface area (Å²) >= 11 is 17.2. The lowest BCUT2D eigenvalue weighted by atomic mass is 9.83. The number of piperidine rings is 6. The van der Waals surface area contributed by atoms with Crippen molar-refractivity contribution in [1.29, 1.82) is 0 Å². The van der Waals surface area contributed by atoms with Crippen LogP contribution in [0.25, 0.3) is 0 Å². The smallest absolute Gasteiger partial charge is 0.338 e. The van der Waals surface area contributed by atoms with Crippen molar-refractivity contribution in [3.05, 3.63) is 161 Å². The van der Waals surface area contributed by atoms with Crippen molar-refractivity contribution < 1.29 is 71.4 Å². The fourth-order valence-corrected chi connectivity index (χ4v) is 19.4. The highest BCUT2D eigenvalue weighted by Crippen LogP contribution is 2.39.